The van der Waals surface area contributed by atoms with Gasteiger partial charge in [0.15, 0.2) is 0 Å². The maximum absolute atomic E-state index is 6.58. The summed E-state index contributed by atoms with van der Waals surface area (Å²) in [4.78, 5) is 0. The van der Waals surface area contributed by atoms with E-state index in [0.717, 1.165) is 6.21 Å². The van der Waals surface area contributed by atoms with Gasteiger partial charge in [0.05, 0.1) is 0 Å². The lowest BCUT2D eigenvalue weighted by atomic mass is 10.1. The topological polar surface area (TPSA) is 23.9 Å². The summed E-state index contributed by atoms with van der Waals surface area (Å²) in [6.07, 6.45) is 2.70. The smallest absolute Gasteiger partial charge is 0.102 e. The molecule has 0 fully saturated rings. The zero-order valence-electron chi connectivity index (χ0n) is 4.02. The van der Waals surface area contributed by atoms with E-state index in [-0.39, 0.29) is 0 Å². The van der Waals surface area contributed by atoms with Crippen molar-refractivity contribution in [3.8, 4) is 0 Å². The summed E-state index contributed by atoms with van der Waals surface area (Å²) in [5.74, 6) is 1.35. The molecule has 0 bridgehead atoms. The van der Waals surface area contributed by atoms with E-state index in [2.05, 4.69) is 6.58 Å². The predicted molar refractivity (Wildman–Crippen MR) is 32.8 cm³/mol. The average molecular weight is 90.9 g/mol. The maximum atomic E-state index is 6.58. The molecule has 0 rings (SSSR count). The molecule has 0 aromatic rings. The molecule has 0 heterocycles. The summed E-state index contributed by atoms with van der Waals surface area (Å²) in [6.45, 7) is 3.45. The molecule has 34 valence electrons. The first-order valence-corrected chi connectivity index (χ1v) is 1.89. The van der Waals surface area contributed by atoms with Crippen molar-refractivity contribution in [2.24, 2.45) is 0 Å². The van der Waals surface area contributed by atoms with Gasteiger partial charge in [0.2, 0.25) is 0 Å². The van der Waals surface area contributed by atoms with Gasteiger partial charge in [0.1, 0.15) is 7.85 Å². The third kappa shape index (κ3) is 3.03. The lowest BCUT2D eigenvalue weighted by molar-refractivity contribution is 1.56. The lowest BCUT2D eigenvalue weighted by Gasteiger charge is -1.78. The van der Waals surface area contributed by atoms with Crippen molar-refractivity contribution >= 4 is 14.1 Å². The third-order valence-electron chi connectivity index (χ3n) is 0.496. The fourth-order valence-electron chi connectivity index (χ4n) is 0.172. The lowest BCUT2D eigenvalue weighted by Crippen LogP contribution is -1.70. The fraction of sp³-hybridized carbons (Fsp3) is 0. The van der Waals surface area contributed by atoms with Crippen LogP contribution < -0.4 is 0 Å². The summed E-state index contributed by atoms with van der Waals surface area (Å²) in [6, 6.07) is 0. The minimum atomic E-state index is 0.613. The summed E-state index contributed by atoms with van der Waals surface area (Å²) >= 11 is 0. The fourth-order valence-corrected chi connectivity index (χ4v) is 0.172. The van der Waals surface area contributed by atoms with Gasteiger partial charge in [-0.3, -0.25) is 0 Å². The monoisotopic (exact) mass is 91.1 g/mol. The second-order valence-corrected chi connectivity index (χ2v) is 1.08. The summed E-state index contributed by atoms with van der Waals surface area (Å²) in [5.41, 5.74) is 0.613. The highest BCUT2D eigenvalue weighted by Gasteiger charge is 1.70. The van der Waals surface area contributed by atoms with Gasteiger partial charge in [0, 0.05) is 6.21 Å². The first-order chi connectivity index (χ1) is 3.31. The summed E-state index contributed by atoms with van der Waals surface area (Å²) in [5, 5.41) is 6.58. The Morgan fingerprint density at radius 2 is 2.29 bits per heavy atom. The van der Waals surface area contributed by atoms with Crippen molar-refractivity contribution in [3.05, 3.63) is 24.2 Å². The third-order valence-corrected chi connectivity index (χ3v) is 0.496. The SMILES string of the molecule is [B]/C=C/C(=C)C=N. The van der Waals surface area contributed by atoms with Crippen LogP contribution in [0.3, 0.4) is 0 Å². The van der Waals surface area contributed by atoms with E-state index >= 15 is 0 Å². The van der Waals surface area contributed by atoms with E-state index in [9.17, 15) is 0 Å². The largest absolute Gasteiger partial charge is 0.308 e. The van der Waals surface area contributed by atoms with E-state index in [4.69, 9.17) is 13.3 Å². The highest BCUT2D eigenvalue weighted by atomic mass is 14.3. The van der Waals surface area contributed by atoms with E-state index in [0.29, 0.717) is 5.57 Å². The number of nitrogens with one attached hydrogen (secondary N) is 1. The summed E-state index contributed by atoms with van der Waals surface area (Å²) in [7, 11) is 4.96. The number of hydrogen-bond acceptors (Lipinski definition) is 1. The molecule has 2 heteroatoms. The Hall–Kier alpha value is -0.785. The van der Waals surface area contributed by atoms with Crippen molar-refractivity contribution in [1.82, 2.24) is 0 Å². The second kappa shape index (κ2) is 3.41. The molecule has 1 nitrogen and oxygen atoms in total. The highest BCUT2D eigenvalue weighted by Crippen LogP contribution is 1.82. The molecule has 0 aromatic heterocycles. The Kier molecular flexibility index (Phi) is 3.02. The van der Waals surface area contributed by atoms with Gasteiger partial charge in [0.25, 0.3) is 0 Å². The minimum Gasteiger partial charge on any atom is -0.308 e. The molecule has 2 radical (unpaired) electrons. The van der Waals surface area contributed by atoms with Gasteiger partial charge in [-0.25, -0.2) is 0 Å². The quantitative estimate of drug-likeness (QED) is 0.296. The zero-order valence-corrected chi connectivity index (χ0v) is 4.02. The molecule has 0 aromatic carbocycles. The van der Waals surface area contributed by atoms with Gasteiger partial charge in [-0.15, -0.1) is 5.98 Å². The minimum absolute atomic E-state index is 0.613. The van der Waals surface area contributed by atoms with Gasteiger partial charge < -0.3 is 5.41 Å². The Morgan fingerprint density at radius 3 is 2.43 bits per heavy atom. The molecule has 0 saturated heterocycles. The van der Waals surface area contributed by atoms with Crippen LogP contribution in [0.25, 0.3) is 0 Å². The van der Waals surface area contributed by atoms with Crippen LogP contribution in [0.4, 0.5) is 0 Å². The van der Waals surface area contributed by atoms with Crippen molar-refractivity contribution in [3.63, 3.8) is 0 Å². The maximum Gasteiger partial charge on any atom is 0.102 e. The molecule has 0 spiro atoms. The highest BCUT2D eigenvalue weighted by molar-refractivity contribution is 6.17. The van der Waals surface area contributed by atoms with Crippen LogP contribution in [0.1, 0.15) is 0 Å². The van der Waals surface area contributed by atoms with E-state index in [1.165, 1.54) is 5.98 Å². The van der Waals surface area contributed by atoms with Crippen molar-refractivity contribution < 1.29 is 0 Å². The molecule has 0 aliphatic rings. The van der Waals surface area contributed by atoms with Crippen LogP contribution in [0, 0.1) is 5.41 Å². The number of hydrogen-bond donors (Lipinski definition) is 1. The molecule has 0 aliphatic carbocycles. The second-order valence-electron chi connectivity index (χ2n) is 1.08. The normalized spacial score (nSPS) is 9.14. The molecule has 0 aliphatic heterocycles. The van der Waals surface area contributed by atoms with Crippen LogP contribution in [-0.2, 0) is 0 Å². The van der Waals surface area contributed by atoms with Gasteiger partial charge in [-0.1, -0.05) is 12.7 Å². The van der Waals surface area contributed by atoms with E-state index in [1.807, 2.05) is 0 Å². The van der Waals surface area contributed by atoms with Crippen molar-refractivity contribution in [2.75, 3.05) is 0 Å². The molecule has 0 saturated carbocycles. The Labute approximate surface area is 44.7 Å². The Balaban J connectivity index is 3.58. The molecule has 0 amide bonds. The van der Waals surface area contributed by atoms with Crippen LogP contribution in [0.5, 0.6) is 0 Å². The Morgan fingerprint density at radius 1 is 1.71 bits per heavy atom. The van der Waals surface area contributed by atoms with Crippen LogP contribution in [0.2, 0.25) is 0 Å². The van der Waals surface area contributed by atoms with E-state index < -0.39 is 0 Å². The van der Waals surface area contributed by atoms with Gasteiger partial charge >= 0.3 is 0 Å². The molecule has 0 atom stereocenters. The first-order valence-electron chi connectivity index (χ1n) is 1.89. The first kappa shape index (κ1) is 6.21. The summed E-state index contributed by atoms with van der Waals surface area (Å²) < 4.78 is 0. The molecule has 0 unspecified atom stereocenters. The van der Waals surface area contributed by atoms with E-state index in [1.54, 1.807) is 6.08 Å². The Bertz CT molecular complexity index is 105. The van der Waals surface area contributed by atoms with Crippen molar-refractivity contribution in [2.45, 2.75) is 0 Å². The number of allylic oxidation sites excluding steroid dienone is 2. The van der Waals surface area contributed by atoms with Gasteiger partial charge in [-0.05, 0) is 5.57 Å². The van der Waals surface area contributed by atoms with Crippen molar-refractivity contribution in [1.29, 1.82) is 5.41 Å². The number of rotatable bonds is 2. The van der Waals surface area contributed by atoms with Crippen LogP contribution in [0.15, 0.2) is 24.2 Å². The zero-order chi connectivity index (χ0) is 5.70. The molecule has 7 heavy (non-hydrogen) atoms. The molecule has 1 N–H and O–H groups in total. The van der Waals surface area contributed by atoms with Gasteiger partial charge in [-0.2, -0.15) is 0 Å². The standard InChI is InChI=1S/C5H6BN/c1-5(4-7)2-3-6/h2-4,7H,1H2/b3-2+,7-4?. The van der Waals surface area contributed by atoms with Crippen LogP contribution in [-0.4, -0.2) is 14.1 Å². The molecular weight excluding hydrogens is 84.9 g/mol. The predicted octanol–water partition coefficient (Wildman–Crippen LogP) is 0.874. The average Bonchev–Trinajstić information content (AvgIpc) is 1.68. The van der Waals surface area contributed by atoms with Crippen LogP contribution >= 0.6 is 0 Å². The molecular formula is C5H6BN.